The molecule has 0 fully saturated rings. The lowest BCUT2D eigenvalue weighted by atomic mass is 10.2. The van der Waals surface area contributed by atoms with Gasteiger partial charge in [-0.3, -0.25) is 9.59 Å². The van der Waals surface area contributed by atoms with E-state index in [-0.39, 0.29) is 12.3 Å². The lowest BCUT2D eigenvalue weighted by Gasteiger charge is -2.06. The van der Waals surface area contributed by atoms with Gasteiger partial charge in [0.1, 0.15) is 0 Å². The summed E-state index contributed by atoms with van der Waals surface area (Å²) in [5.41, 5.74) is 1.45. The van der Waals surface area contributed by atoms with Crippen LogP contribution in [0.1, 0.15) is 20.1 Å². The van der Waals surface area contributed by atoms with Gasteiger partial charge in [-0.15, -0.1) is 11.3 Å². The van der Waals surface area contributed by atoms with E-state index in [2.05, 4.69) is 10.6 Å². The maximum absolute atomic E-state index is 11.6. The molecule has 0 saturated heterocycles. The molecular formula is C15H16N2O3S. The van der Waals surface area contributed by atoms with Gasteiger partial charge in [-0.05, 0) is 30.3 Å². The molecule has 0 aliphatic heterocycles. The Morgan fingerprint density at radius 3 is 2.67 bits per heavy atom. The third-order valence-corrected chi connectivity index (χ3v) is 3.95. The van der Waals surface area contributed by atoms with Gasteiger partial charge < -0.3 is 15.7 Å². The SMILES string of the molecule is CNC(=O)c1cccc(NCc2ccc(CC(=O)O)s2)c1. The number of hydrogen-bond acceptors (Lipinski definition) is 4. The Morgan fingerprint density at radius 1 is 1.19 bits per heavy atom. The zero-order valence-electron chi connectivity index (χ0n) is 11.6. The van der Waals surface area contributed by atoms with Crippen molar-refractivity contribution in [1.82, 2.24) is 5.32 Å². The normalized spacial score (nSPS) is 10.1. The van der Waals surface area contributed by atoms with Crippen molar-refractivity contribution < 1.29 is 14.7 Å². The first-order valence-electron chi connectivity index (χ1n) is 6.44. The van der Waals surface area contributed by atoms with E-state index in [9.17, 15) is 9.59 Å². The molecule has 0 aliphatic rings. The second-order valence-corrected chi connectivity index (χ2v) is 5.70. The molecular weight excluding hydrogens is 288 g/mol. The van der Waals surface area contributed by atoms with E-state index in [1.165, 1.54) is 11.3 Å². The number of benzene rings is 1. The first-order valence-corrected chi connectivity index (χ1v) is 7.25. The average molecular weight is 304 g/mol. The lowest BCUT2D eigenvalue weighted by Crippen LogP contribution is -2.17. The topological polar surface area (TPSA) is 78.4 Å². The fourth-order valence-electron chi connectivity index (χ4n) is 1.87. The van der Waals surface area contributed by atoms with Gasteiger partial charge in [-0.25, -0.2) is 0 Å². The van der Waals surface area contributed by atoms with Crippen molar-refractivity contribution in [2.24, 2.45) is 0 Å². The number of hydrogen-bond donors (Lipinski definition) is 3. The van der Waals surface area contributed by atoms with Gasteiger partial charge in [-0.1, -0.05) is 6.07 Å². The molecule has 21 heavy (non-hydrogen) atoms. The van der Waals surface area contributed by atoms with Crippen LogP contribution in [0.25, 0.3) is 0 Å². The fourth-order valence-corrected chi connectivity index (χ4v) is 2.81. The Bertz CT molecular complexity index is 652. The van der Waals surface area contributed by atoms with E-state index in [4.69, 9.17) is 5.11 Å². The smallest absolute Gasteiger partial charge is 0.308 e. The quantitative estimate of drug-likeness (QED) is 0.765. The van der Waals surface area contributed by atoms with Gasteiger partial charge in [0.25, 0.3) is 5.91 Å². The van der Waals surface area contributed by atoms with Crippen molar-refractivity contribution in [2.45, 2.75) is 13.0 Å². The number of carboxylic acid groups (broad SMARTS) is 1. The largest absolute Gasteiger partial charge is 0.481 e. The average Bonchev–Trinajstić information content (AvgIpc) is 2.91. The second-order valence-electron chi connectivity index (χ2n) is 4.45. The number of amides is 1. The van der Waals surface area contributed by atoms with E-state index < -0.39 is 5.97 Å². The molecule has 5 nitrogen and oxygen atoms in total. The first kappa shape index (κ1) is 15.1. The molecule has 1 heterocycles. The Kier molecular flexibility index (Phi) is 4.94. The number of carbonyl (C=O) groups excluding carboxylic acids is 1. The highest BCUT2D eigenvalue weighted by Crippen LogP contribution is 2.19. The maximum atomic E-state index is 11.6. The van der Waals surface area contributed by atoms with Crippen molar-refractivity contribution in [3.05, 3.63) is 51.7 Å². The summed E-state index contributed by atoms with van der Waals surface area (Å²) < 4.78 is 0. The van der Waals surface area contributed by atoms with Crippen LogP contribution in [0.4, 0.5) is 5.69 Å². The van der Waals surface area contributed by atoms with E-state index in [1.54, 1.807) is 19.2 Å². The maximum Gasteiger partial charge on any atom is 0.308 e. The van der Waals surface area contributed by atoms with Crippen LogP contribution in [-0.4, -0.2) is 24.0 Å². The number of carboxylic acids is 1. The minimum absolute atomic E-state index is 0.0524. The monoisotopic (exact) mass is 304 g/mol. The third-order valence-electron chi connectivity index (χ3n) is 2.86. The Labute approximate surface area is 126 Å². The highest BCUT2D eigenvalue weighted by Gasteiger charge is 2.06. The summed E-state index contributed by atoms with van der Waals surface area (Å²) in [6, 6.07) is 11.0. The van der Waals surface area contributed by atoms with Crippen LogP contribution in [0.15, 0.2) is 36.4 Å². The molecule has 3 N–H and O–H groups in total. The standard InChI is InChI=1S/C15H16N2O3S/c1-16-15(20)10-3-2-4-11(7-10)17-9-13-6-5-12(21-13)8-14(18)19/h2-7,17H,8-9H2,1H3,(H,16,20)(H,18,19). The van der Waals surface area contributed by atoms with E-state index in [0.29, 0.717) is 12.1 Å². The zero-order chi connectivity index (χ0) is 15.2. The summed E-state index contributed by atoms with van der Waals surface area (Å²) >= 11 is 1.47. The van der Waals surface area contributed by atoms with Gasteiger partial charge in [0.05, 0.1) is 6.42 Å². The predicted molar refractivity (Wildman–Crippen MR) is 82.8 cm³/mol. The van der Waals surface area contributed by atoms with Crippen molar-refractivity contribution in [2.75, 3.05) is 12.4 Å². The van der Waals surface area contributed by atoms with Crippen LogP contribution in [0, 0.1) is 0 Å². The molecule has 1 amide bonds. The molecule has 1 aromatic heterocycles. The van der Waals surface area contributed by atoms with E-state index >= 15 is 0 Å². The third kappa shape index (κ3) is 4.32. The molecule has 110 valence electrons. The molecule has 2 rings (SSSR count). The number of nitrogens with one attached hydrogen (secondary N) is 2. The summed E-state index contributed by atoms with van der Waals surface area (Å²) in [5.74, 6) is -0.951. The van der Waals surface area contributed by atoms with Gasteiger partial charge >= 0.3 is 5.97 Å². The Morgan fingerprint density at radius 2 is 1.95 bits per heavy atom. The minimum atomic E-state index is -0.824. The summed E-state index contributed by atoms with van der Waals surface area (Å²) in [5, 5.41) is 14.6. The van der Waals surface area contributed by atoms with Crippen molar-refractivity contribution in [3.8, 4) is 0 Å². The van der Waals surface area contributed by atoms with Gasteiger partial charge in [-0.2, -0.15) is 0 Å². The van der Waals surface area contributed by atoms with Crippen LogP contribution in [0.2, 0.25) is 0 Å². The number of carbonyl (C=O) groups is 2. The molecule has 0 bridgehead atoms. The fraction of sp³-hybridized carbons (Fsp3) is 0.200. The molecule has 1 aromatic carbocycles. The van der Waals surface area contributed by atoms with Crippen LogP contribution < -0.4 is 10.6 Å². The zero-order valence-corrected chi connectivity index (χ0v) is 12.4. The summed E-state index contributed by atoms with van der Waals surface area (Å²) in [6.07, 6.45) is 0.0524. The van der Waals surface area contributed by atoms with Crippen LogP contribution in [0.3, 0.4) is 0 Å². The highest BCUT2D eigenvalue weighted by molar-refractivity contribution is 7.12. The number of aliphatic carboxylic acids is 1. The molecule has 0 spiro atoms. The van der Waals surface area contributed by atoms with Crippen LogP contribution in [-0.2, 0) is 17.8 Å². The Hall–Kier alpha value is -2.34. The van der Waals surface area contributed by atoms with E-state index in [0.717, 1.165) is 15.4 Å². The number of thiophene rings is 1. The highest BCUT2D eigenvalue weighted by atomic mass is 32.1. The van der Waals surface area contributed by atoms with Crippen molar-refractivity contribution >= 4 is 28.9 Å². The van der Waals surface area contributed by atoms with Gasteiger partial charge in [0.2, 0.25) is 0 Å². The molecule has 0 saturated carbocycles. The van der Waals surface area contributed by atoms with Crippen molar-refractivity contribution in [1.29, 1.82) is 0 Å². The lowest BCUT2D eigenvalue weighted by molar-refractivity contribution is -0.136. The second kappa shape index (κ2) is 6.90. The molecule has 6 heteroatoms. The first-order chi connectivity index (χ1) is 10.1. The molecule has 0 radical (unpaired) electrons. The Balaban J connectivity index is 1.98. The molecule has 0 unspecified atom stereocenters. The number of rotatable bonds is 6. The van der Waals surface area contributed by atoms with Gasteiger partial charge in [0, 0.05) is 34.6 Å². The minimum Gasteiger partial charge on any atom is -0.481 e. The van der Waals surface area contributed by atoms with Gasteiger partial charge in [0.15, 0.2) is 0 Å². The number of anilines is 1. The van der Waals surface area contributed by atoms with E-state index in [1.807, 2.05) is 24.3 Å². The molecule has 0 aliphatic carbocycles. The summed E-state index contributed by atoms with van der Waals surface area (Å²) in [4.78, 5) is 24.1. The summed E-state index contributed by atoms with van der Waals surface area (Å²) in [7, 11) is 1.60. The summed E-state index contributed by atoms with van der Waals surface area (Å²) in [6.45, 7) is 0.599. The predicted octanol–water partition coefficient (Wildman–Crippen LogP) is 2.35. The van der Waals surface area contributed by atoms with Crippen molar-refractivity contribution in [3.63, 3.8) is 0 Å². The van der Waals surface area contributed by atoms with Crippen LogP contribution in [0.5, 0.6) is 0 Å². The molecule has 2 aromatic rings. The molecule has 0 atom stereocenters. The van der Waals surface area contributed by atoms with Crippen LogP contribution >= 0.6 is 11.3 Å².